The molecule has 154 valence electrons. The van der Waals surface area contributed by atoms with Gasteiger partial charge in [0.2, 0.25) is 5.82 Å². The minimum Gasteiger partial charge on any atom is -0.459 e. The fourth-order valence-corrected chi connectivity index (χ4v) is 3.24. The van der Waals surface area contributed by atoms with Gasteiger partial charge in [0.25, 0.3) is 0 Å². The molecule has 0 radical (unpaired) electrons. The number of alkyl halides is 3. The molecule has 0 spiro atoms. The molecule has 0 N–H and O–H groups in total. The number of carbonyl (C=O) groups excluding carboxylic acids is 1. The number of hydrogen-bond donors (Lipinski definition) is 0. The van der Waals surface area contributed by atoms with E-state index in [1.54, 1.807) is 30.3 Å². The highest BCUT2D eigenvalue weighted by Crippen LogP contribution is 2.31. The lowest BCUT2D eigenvalue weighted by atomic mass is 10.1. The van der Waals surface area contributed by atoms with Crippen LogP contribution in [0.25, 0.3) is 22.0 Å². The summed E-state index contributed by atoms with van der Waals surface area (Å²) in [4.78, 5) is 27.7. The SMILES string of the molecule is Cc1ccc2c(COC(=O)Cn3c(C(F)(F)F)nc4ccccc43)cc(=O)oc2c1. The standard InChI is InChI=1S/C21H15F3N2O4/c1-12-6-7-14-13(9-18(27)30-17(14)8-12)11-29-19(28)10-26-16-5-3-2-4-15(16)25-20(26)21(22,23)24/h2-9H,10-11H2,1H3. The first-order valence-corrected chi connectivity index (χ1v) is 8.94. The summed E-state index contributed by atoms with van der Waals surface area (Å²) in [6, 6.07) is 12.4. The molecule has 4 rings (SSSR count). The highest BCUT2D eigenvalue weighted by Gasteiger charge is 2.38. The molecule has 2 heterocycles. The van der Waals surface area contributed by atoms with Crippen LogP contribution < -0.4 is 5.63 Å². The molecule has 0 fully saturated rings. The van der Waals surface area contributed by atoms with E-state index in [1.165, 1.54) is 18.2 Å². The van der Waals surface area contributed by atoms with E-state index in [-0.39, 0.29) is 17.6 Å². The van der Waals surface area contributed by atoms with Gasteiger partial charge >= 0.3 is 17.8 Å². The highest BCUT2D eigenvalue weighted by molar-refractivity contribution is 5.81. The minimum atomic E-state index is -4.73. The average molecular weight is 416 g/mol. The van der Waals surface area contributed by atoms with Gasteiger partial charge in [-0.3, -0.25) is 4.79 Å². The number of benzene rings is 2. The Kier molecular flexibility index (Phi) is 4.81. The molecule has 0 amide bonds. The number of aromatic nitrogens is 2. The van der Waals surface area contributed by atoms with Crippen molar-refractivity contribution in [2.75, 3.05) is 0 Å². The molecule has 0 unspecified atom stereocenters. The van der Waals surface area contributed by atoms with Crippen molar-refractivity contribution in [1.82, 2.24) is 9.55 Å². The van der Waals surface area contributed by atoms with Crippen molar-refractivity contribution in [1.29, 1.82) is 0 Å². The van der Waals surface area contributed by atoms with Crippen molar-refractivity contribution in [2.24, 2.45) is 0 Å². The second kappa shape index (κ2) is 7.33. The van der Waals surface area contributed by atoms with Crippen LogP contribution in [0.5, 0.6) is 0 Å². The van der Waals surface area contributed by atoms with Crippen molar-refractivity contribution < 1.29 is 27.1 Å². The van der Waals surface area contributed by atoms with Crippen LogP contribution in [0.15, 0.2) is 57.7 Å². The van der Waals surface area contributed by atoms with Crippen LogP contribution in [0.3, 0.4) is 0 Å². The molecule has 0 aliphatic carbocycles. The van der Waals surface area contributed by atoms with Gasteiger partial charge in [0, 0.05) is 17.0 Å². The molecule has 30 heavy (non-hydrogen) atoms. The van der Waals surface area contributed by atoms with E-state index in [0.29, 0.717) is 16.5 Å². The van der Waals surface area contributed by atoms with Crippen LogP contribution in [0, 0.1) is 6.92 Å². The Balaban J connectivity index is 1.60. The van der Waals surface area contributed by atoms with E-state index in [0.717, 1.165) is 10.1 Å². The second-order valence-corrected chi connectivity index (χ2v) is 6.76. The first-order valence-electron chi connectivity index (χ1n) is 8.94. The van der Waals surface area contributed by atoms with E-state index in [9.17, 15) is 22.8 Å². The summed E-state index contributed by atoms with van der Waals surface area (Å²) >= 11 is 0. The lowest BCUT2D eigenvalue weighted by Crippen LogP contribution is -2.20. The van der Waals surface area contributed by atoms with Crippen LogP contribution in [-0.4, -0.2) is 15.5 Å². The largest absolute Gasteiger partial charge is 0.459 e. The smallest absolute Gasteiger partial charge is 0.449 e. The first kappa shape index (κ1) is 19.7. The number of carbonyl (C=O) groups is 1. The maximum Gasteiger partial charge on any atom is 0.449 e. The maximum absolute atomic E-state index is 13.4. The van der Waals surface area contributed by atoms with Gasteiger partial charge in [-0.05, 0) is 30.7 Å². The van der Waals surface area contributed by atoms with Gasteiger partial charge in [0.05, 0.1) is 11.0 Å². The van der Waals surface area contributed by atoms with Gasteiger partial charge in [-0.1, -0.05) is 24.3 Å². The number of nitrogens with zero attached hydrogens (tertiary/aromatic N) is 2. The lowest BCUT2D eigenvalue weighted by molar-refractivity contribution is -0.151. The summed E-state index contributed by atoms with van der Waals surface area (Å²) in [6.07, 6.45) is -4.73. The molecule has 2 aromatic carbocycles. The number of para-hydroxylation sites is 2. The Hall–Kier alpha value is -3.62. The minimum absolute atomic E-state index is 0.125. The van der Waals surface area contributed by atoms with Gasteiger partial charge in [0.1, 0.15) is 18.7 Å². The third kappa shape index (κ3) is 3.78. The first-order chi connectivity index (χ1) is 14.2. The molecule has 0 aliphatic rings. The third-order valence-corrected chi connectivity index (χ3v) is 4.57. The van der Waals surface area contributed by atoms with Crippen molar-refractivity contribution in [3.8, 4) is 0 Å². The average Bonchev–Trinajstić information content (AvgIpc) is 3.04. The molecular weight excluding hydrogens is 401 g/mol. The summed E-state index contributed by atoms with van der Waals surface area (Å²) < 4.78 is 51.2. The monoisotopic (exact) mass is 416 g/mol. The normalized spacial score (nSPS) is 11.9. The summed E-state index contributed by atoms with van der Waals surface area (Å²) in [7, 11) is 0. The Bertz CT molecular complexity index is 1320. The Labute approximate surface area is 167 Å². The van der Waals surface area contributed by atoms with Gasteiger partial charge in [-0.25, -0.2) is 9.78 Å². The lowest BCUT2D eigenvalue weighted by Gasteiger charge is -2.12. The molecule has 0 saturated heterocycles. The zero-order valence-electron chi connectivity index (χ0n) is 15.7. The molecule has 9 heteroatoms. The van der Waals surface area contributed by atoms with Gasteiger partial charge in [-0.15, -0.1) is 0 Å². The molecule has 4 aromatic rings. The molecule has 0 bridgehead atoms. The van der Waals surface area contributed by atoms with E-state index < -0.39 is 30.1 Å². The van der Waals surface area contributed by atoms with Crippen molar-refractivity contribution in [3.05, 3.63) is 75.9 Å². The second-order valence-electron chi connectivity index (χ2n) is 6.76. The van der Waals surface area contributed by atoms with E-state index >= 15 is 0 Å². The van der Waals surface area contributed by atoms with Gasteiger partial charge < -0.3 is 13.7 Å². The van der Waals surface area contributed by atoms with E-state index in [1.807, 2.05) is 6.92 Å². The van der Waals surface area contributed by atoms with Crippen molar-refractivity contribution in [3.63, 3.8) is 0 Å². The summed E-state index contributed by atoms with van der Waals surface area (Å²) in [5.74, 6) is -2.07. The zero-order chi connectivity index (χ0) is 21.5. The molecule has 0 aliphatic heterocycles. The molecule has 2 aromatic heterocycles. The van der Waals surface area contributed by atoms with Gasteiger partial charge in [-0.2, -0.15) is 13.2 Å². The topological polar surface area (TPSA) is 74.3 Å². The zero-order valence-corrected chi connectivity index (χ0v) is 15.7. The van der Waals surface area contributed by atoms with Crippen LogP contribution >= 0.6 is 0 Å². The number of halogens is 3. The van der Waals surface area contributed by atoms with Crippen LogP contribution in [0.1, 0.15) is 17.0 Å². The summed E-state index contributed by atoms with van der Waals surface area (Å²) in [5.41, 5.74) is 1.31. The van der Waals surface area contributed by atoms with Crippen LogP contribution in [-0.2, 0) is 28.9 Å². The van der Waals surface area contributed by atoms with E-state index in [4.69, 9.17) is 9.15 Å². The number of rotatable bonds is 4. The predicted molar refractivity (Wildman–Crippen MR) is 102 cm³/mol. The van der Waals surface area contributed by atoms with Crippen LogP contribution in [0.2, 0.25) is 0 Å². The van der Waals surface area contributed by atoms with Crippen molar-refractivity contribution >= 4 is 28.0 Å². The van der Waals surface area contributed by atoms with E-state index in [2.05, 4.69) is 4.98 Å². The Morgan fingerprint density at radius 2 is 1.93 bits per heavy atom. The van der Waals surface area contributed by atoms with Crippen LogP contribution in [0.4, 0.5) is 13.2 Å². The number of imidazole rings is 1. The number of fused-ring (bicyclic) bond motifs is 2. The third-order valence-electron chi connectivity index (χ3n) is 4.57. The number of ether oxygens (including phenoxy) is 1. The predicted octanol–water partition coefficient (Wildman–Crippen LogP) is 4.21. The fraction of sp³-hybridized carbons (Fsp3) is 0.190. The molecule has 6 nitrogen and oxygen atoms in total. The summed E-state index contributed by atoms with van der Waals surface area (Å²) in [6.45, 7) is 0.881. The highest BCUT2D eigenvalue weighted by atomic mass is 19.4. The summed E-state index contributed by atoms with van der Waals surface area (Å²) in [5, 5.41) is 0.581. The molecular formula is C21H15F3N2O4. The van der Waals surface area contributed by atoms with Crippen molar-refractivity contribution in [2.45, 2.75) is 26.3 Å². The number of hydrogen-bond acceptors (Lipinski definition) is 5. The molecule has 0 atom stereocenters. The number of aryl methyl sites for hydroxylation is 1. The van der Waals surface area contributed by atoms with Gasteiger partial charge in [0.15, 0.2) is 0 Å². The quantitative estimate of drug-likeness (QED) is 0.368. The Morgan fingerprint density at radius 3 is 2.70 bits per heavy atom. The number of esters is 1. The molecule has 0 saturated carbocycles. The Morgan fingerprint density at radius 1 is 1.17 bits per heavy atom. The maximum atomic E-state index is 13.4. The fourth-order valence-electron chi connectivity index (χ4n) is 3.24.